The van der Waals surface area contributed by atoms with Gasteiger partial charge in [0.2, 0.25) is 0 Å². The molecular weight excluding hydrogens is 317 g/mol. The number of anilines is 1. The van der Waals surface area contributed by atoms with Crippen molar-refractivity contribution in [1.82, 2.24) is 10.2 Å². The van der Waals surface area contributed by atoms with Gasteiger partial charge in [-0.1, -0.05) is 23.2 Å². The van der Waals surface area contributed by atoms with E-state index in [1.807, 2.05) is 0 Å². The first-order chi connectivity index (χ1) is 10.0. The quantitative estimate of drug-likeness (QED) is 0.934. The summed E-state index contributed by atoms with van der Waals surface area (Å²) in [5.74, 6) is 0.569. The minimum absolute atomic E-state index is 0.0428. The molecule has 2 rings (SSSR count). The van der Waals surface area contributed by atoms with Gasteiger partial charge in [-0.15, -0.1) is 10.2 Å². The summed E-state index contributed by atoms with van der Waals surface area (Å²) in [4.78, 5) is 12.2. The predicted molar refractivity (Wildman–Crippen MR) is 79.6 cm³/mol. The summed E-state index contributed by atoms with van der Waals surface area (Å²) >= 11 is 11.6. The van der Waals surface area contributed by atoms with Gasteiger partial charge in [0.05, 0.1) is 25.5 Å². The molecule has 110 valence electrons. The normalized spacial score (nSPS) is 10.1. The van der Waals surface area contributed by atoms with Gasteiger partial charge in [-0.3, -0.25) is 4.79 Å². The Hall–Kier alpha value is -2.05. The number of methoxy groups -OCH3 is 2. The first kappa shape index (κ1) is 15.3. The number of carbonyl (C=O) groups is 1. The van der Waals surface area contributed by atoms with Crippen LogP contribution in [0.3, 0.4) is 0 Å². The number of carbonyl (C=O) groups excluding carboxylic acids is 1. The second kappa shape index (κ2) is 6.60. The van der Waals surface area contributed by atoms with E-state index in [0.29, 0.717) is 17.2 Å². The van der Waals surface area contributed by atoms with E-state index >= 15 is 0 Å². The zero-order chi connectivity index (χ0) is 15.4. The first-order valence-corrected chi connectivity index (χ1v) is 6.53. The molecule has 0 bridgehead atoms. The van der Waals surface area contributed by atoms with Crippen LogP contribution in [0.4, 0.5) is 5.69 Å². The van der Waals surface area contributed by atoms with Gasteiger partial charge in [0.15, 0.2) is 10.3 Å². The smallest absolute Gasteiger partial charge is 0.259 e. The van der Waals surface area contributed by atoms with Crippen LogP contribution in [0.15, 0.2) is 24.3 Å². The van der Waals surface area contributed by atoms with Crippen molar-refractivity contribution in [2.75, 3.05) is 19.5 Å². The molecule has 0 atom stereocenters. The van der Waals surface area contributed by atoms with Crippen molar-refractivity contribution in [2.45, 2.75) is 0 Å². The fraction of sp³-hybridized carbons (Fsp3) is 0.154. The largest absolute Gasteiger partial charge is 0.497 e. The summed E-state index contributed by atoms with van der Waals surface area (Å²) in [6.45, 7) is 0. The van der Waals surface area contributed by atoms with Crippen molar-refractivity contribution in [3.8, 4) is 11.5 Å². The zero-order valence-corrected chi connectivity index (χ0v) is 12.7. The summed E-state index contributed by atoms with van der Waals surface area (Å²) in [7, 11) is 3.02. The molecule has 0 radical (unpaired) electrons. The third-order valence-electron chi connectivity index (χ3n) is 2.62. The maximum Gasteiger partial charge on any atom is 0.259 e. The highest BCUT2D eigenvalue weighted by Crippen LogP contribution is 2.29. The summed E-state index contributed by atoms with van der Waals surface area (Å²) in [5.41, 5.74) is 0.549. The van der Waals surface area contributed by atoms with Gasteiger partial charge in [0, 0.05) is 6.07 Å². The molecule has 21 heavy (non-hydrogen) atoms. The van der Waals surface area contributed by atoms with Crippen LogP contribution < -0.4 is 14.8 Å². The third kappa shape index (κ3) is 3.53. The number of nitrogens with zero attached hydrogens (tertiary/aromatic N) is 2. The van der Waals surface area contributed by atoms with Crippen molar-refractivity contribution in [2.24, 2.45) is 0 Å². The molecule has 0 unspecified atom stereocenters. The van der Waals surface area contributed by atoms with E-state index in [2.05, 4.69) is 15.5 Å². The van der Waals surface area contributed by atoms with Gasteiger partial charge in [-0.2, -0.15) is 0 Å². The number of aromatic nitrogens is 2. The van der Waals surface area contributed by atoms with Crippen LogP contribution in [0.5, 0.6) is 11.5 Å². The first-order valence-electron chi connectivity index (χ1n) is 5.77. The second-order valence-corrected chi connectivity index (χ2v) is 4.64. The topological polar surface area (TPSA) is 73.3 Å². The monoisotopic (exact) mass is 327 g/mol. The highest BCUT2D eigenvalue weighted by atomic mass is 35.5. The van der Waals surface area contributed by atoms with Crippen LogP contribution in [0.25, 0.3) is 0 Å². The van der Waals surface area contributed by atoms with Crippen LogP contribution in [-0.2, 0) is 0 Å². The highest BCUT2D eigenvalue weighted by molar-refractivity contribution is 6.34. The molecule has 0 aliphatic heterocycles. The van der Waals surface area contributed by atoms with E-state index in [9.17, 15) is 4.79 Å². The number of ether oxygens (including phenoxy) is 2. The summed E-state index contributed by atoms with van der Waals surface area (Å²) in [6, 6.07) is 6.35. The van der Waals surface area contributed by atoms with Crippen LogP contribution in [0.1, 0.15) is 10.4 Å². The number of hydrogen-bond acceptors (Lipinski definition) is 5. The standard InChI is InChI=1S/C13H11Cl2N3O3/c1-20-7-3-4-10(21-2)9(5-7)16-13(19)8-6-11(14)17-18-12(8)15/h3-6H,1-2H3,(H,16,19). The Kier molecular flexibility index (Phi) is 4.82. The molecule has 1 aromatic heterocycles. The third-order valence-corrected chi connectivity index (χ3v) is 3.08. The van der Waals surface area contributed by atoms with Crippen molar-refractivity contribution >= 4 is 34.8 Å². The molecule has 0 fully saturated rings. The summed E-state index contributed by atoms with van der Waals surface area (Å²) in [5, 5.41) is 9.83. The minimum Gasteiger partial charge on any atom is -0.497 e. The van der Waals surface area contributed by atoms with Crippen LogP contribution in [0.2, 0.25) is 10.3 Å². The maximum atomic E-state index is 12.2. The zero-order valence-electron chi connectivity index (χ0n) is 11.2. The van der Waals surface area contributed by atoms with Gasteiger partial charge in [0.25, 0.3) is 5.91 Å². The molecule has 0 saturated carbocycles. The van der Waals surface area contributed by atoms with E-state index in [1.54, 1.807) is 18.2 Å². The lowest BCUT2D eigenvalue weighted by atomic mass is 10.2. The van der Waals surface area contributed by atoms with E-state index < -0.39 is 5.91 Å². The summed E-state index contributed by atoms with van der Waals surface area (Å²) < 4.78 is 10.3. The molecule has 1 N–H and O–H groups in total. The van der Waals surface area contributed by atoms with Gasteiger partial charge in [-0.05, 0) is 18.2 Å². The van der Waals surface area contributed by atoms with Gasteiger partial charge in [-0.25, -0.2) is 0 Å². The number of rotatable bonds is 4. The summed E-state index contributed by atoms with van der Waals surface area (Å²) in [6.07, 6.45) is 0. The molecular formula is C13H11Cl2N3O3. The maximum absolute atomic E-state index is 12.2. The molecule has 8 heteroatoms. The van der Waals surface area contributed by atoms with Crippen molar-refractivity contribution < 1.29 is 14.3 Å². The van der Waals surface area contributed by atoms with Crippen molar-refractivity contribution in [1.29, 1.82) is 0 Å². The molecule has 0 spiro atoms. The Morgan fingerprint density at radius 2 is 1.90 bits per heavy atom. The van der Waals surface area contributed by atoms with Crippen LogP contribution in [-0.4, -0.2) is 30.3 Å². The number of hydrogen-bond donors (Lipinski definition) is 1. The van der Waals surface area contributed by atoms with Gasteiger partial charge < -0.3 is 14.8 Å². The Balaban J connectivity index is 2.32. The number of benzene rings is 1. The molecule has 1 heterocycles. The Morgan fingerprint density at radius 1 is 1.14 bits per heavy atom. The molecule has 0 aliphatic carbocycles. The lowest BCUT2D eigenvalue weighted by Gasteiger charge is -2.12. The average Bonchev–Trinajstić information content (AvgIpc) is 2.49. The number of nitrogens with one attached hydrogen (secondary N) is 1. The fourth-order valence-electron chi connectivity index (χ4n) is 1.61. The Bertz CT molecular complexity index is 680. The molecule has 1 amide bonds. The number of halogens is 2. The second-order valence-electron chi connectivity index (χ2n) is 3.89. The average molecular weight is 328 g/mol. The van der Waals surface area contributed by atoms with E-state index in [4.69, 9.17) is 32.7 Å². The van der Waals surface area contributed by atoms with Crippen LogP contribution >= 0.6 is 23.2 Å². The van der Waals surface area contributed by atoms with Crippen LogP contribution in [0, 0.1) is 0 Å². The molecule has 1 aromatic carbocycles. The Morgan fingerprint density at radius 3 is 2.57 bits per heavy atom. The Labute approximate surface area is 131 Å². The van der Waals surface area contributed by atoms with E-state index in [-0.39, 0.29) is 15.9 Å². The van der Waals surface area contributed by atoms with Crippen molar-refractivity contribution in [3.63, 3.8) is 0 Å². The number of amides is 1. The SMILES string of the molecule is COc1ccc(OC)c(NC(=O)c2cc(Cl)nnc2Cl)c1. The molecule has 6 nitrogen and oxygen atoms in total. The lowest BCUT2D eigenvalue weighted by Crippen LogP contribution is -2.14. The van der Waals surface area contributed by atoms with Gasteiger partial charge >= 0.3 is 0 Å². The van der Waals surface area contributed by atoms with E-state index in [1.165, 1.54) is 20.3 Å². The lowest BCUT2D eigenvalue weighted by molar-refractivity contribution is 0.102. The molecule has 0 saturated heterocycles. The molecule has 0 aliphatic rings. The predicted octanol–water partition coefficient (Wildman–Crippen LogP) is 3.05. The van der Waals surface area contributed by atoms with Crippen molar-refractivity contribution in [3.05, 3.63) is 40.1 Å². The molecule has 2 aromatic rings. The van der Waals surface area contributed by atoms with Gasteiger partial charge in [0.1, 0.15) is 11.5 Å². The highest BCUT2D eigenvalue weighted by Gasteiger charge is 2.15. The fourth-order valence-corrected chi connectivity index (χ4v) is 1.94. The van der Waals surface area contributed by atoms with E-state index in [0.717, 1.165) is 0 Å². The minimum atomic E-state index is -0.483.